The van der Waals surface area contributed by atoms with E-state index < -0.39 is 0 Å². The lowest BCUT2D eigenvalue weighted by molar-refractivity contribution is 0.612. The Hall–Kier alpha value is -2.27. The molecule has 4 nitrogen and oxygen atoms in total. The Morgan fingerprint density at radius 2 is 1.70 bits per heavy atom. The zero-order valence-corrected chi connectivity index (χ0v) is 20.1. The lowest BCUT2D eigenvalue weighted by Gasteiger charge is -2.09. The summed E-state index contributed by atoms with van der Waals surface area (Å²) >= 11 is 1.65. The number of thiazole rings is 1. The molecule has 1 fully saturated rings. The normalized spacial score (nSPS) is 13.3. The van der Waals surface area contributed by atoms with Gasteiger partial charge in [-0.15, -0.1) is 11.3 Å². The first-order chi connectivity index (χ1) is 14.4. The summed E-state index contributed by atoms with van der Waals surface area (Å²) in [4.78, 5) is 9.63. The van der Waals surface area contributed by atoms with E-state index in [1.165, 1.54) is 36.8 Å². The van der Waals surface area contributed by atoms with Crippen LogP contribution in [0, 0.1) is 32.1 Å². The van der Waals surface area contributed by atoms with Crippen molar-refractivity contribution in [1.29, 1.82) is 5.41 Å². The summed E-state index contributed by atoms with van der Waals surface area (Å²) in [5.74, 6) is 1.05. The molecule has 4 rings (SSSR count). The van der Waals surface area contributed by atoms with Crippen LogP contribution >= 0.6 is 11.3 Å². The number of nitrogens with one attached hydrogen (secondary N) is 1. The number of hydrogen-bond donors (Lipinski definition) is 1. The molecule has 0 unspecified atom stereocenters. The van der Waals surface area contributed by atoms with Crippen molar-refractivity contribution in [3.8, 4) is 11.1 Å². The summed E-state index contributed by atoms with van der Waals surface area (Å²) in [5, 5.41) is 9.04. The smallest absolute Gasteiger partial charge is 0.222 e. The molecule has 5 heteroatoms. The second-order valence-corrected chi connectivity index (χ2v) is 9.15. The number of hydrogen-bond acceptors (Lipinski definition) is 4. The topological polar surface area (TPSA) is 54.6 Å². The van der Waals surface area contributed by atoms with E-state index in [0.29, 0.717) is 6.54 Å². The highest BCUT2D eigenvalue weighted by molar-refractivity contribution is 7.11. The maximum Gasteiger partial charge on any atom is 0.222 e. The lowest BCUT2D eigenvalue weighted by atomic mass is 10.0. The van der Waals surface area contributed by atoms with Gasteiger partial charge in [-0.1, -0.05) is 64.7 Å². The highest BCUT2D eigenvalue weighted by Crippen LogP contribution is 2.23. The number of benzene rings is 1. The van der Waals surface area contributed by atoms with Gasteiger partial charge in [0.2, 0.25) is 5.62 Å². The molecular weight excluding hydrogens is 388 g/mol. The molecule has 3 aromatic rings. The fourth-order valence-electron chi connectivity index (χ4n) is 3.43. The molecule has 2 aromatic heterocycles. The maximum atomic E-state index is 8.00. The first-order valence-electron chi connectivity index (χ1n) is 11.0. The average Bonchev–Trinajstić information content (AvgIpc) is 3.38. The Balaban J connectivity index is 0.000000340. The standard InChI is InChI=1S/C17H18N4S.C6H12.C2H6/c1-11-4-5-14(6-12(11)2)15-7-20-17(18)21(9-15)10-16-8-19-13(3)22-16;1-6-4-2-3-5-6;1-2/h4-9,18H,10H2,1-3H3;6H,2-5H2,1H3;1-2H3. The van der Waals surface area contributed by atoms with Crippen molar-refractivity contribution >= 4 is 11.3 Å². The monoisotopic (exact) mass is 424 g/mol. The summed E-state index contributed by atoms with van der Waals surface area (Å²) in [7, 11) is 0. The summed E-state index contributed by atoms with van der Waals surface area (Å²) in [6, 6.07) is 6.39. The van der Waals surface area contributed by atoms with Gasteiger partial charge in [0.1, 0.15) is 0 Å². The lowest BCUT2D eigenvalue weighted by Crippen LogP contribution is -2.22. The number of rotatable bonds is 3. The molecule has 1 aliphatic carbocycles. The second-order valence-electron chi connectivity index (χ2n) is 7.83. The molecule has 0 spiro atoms. The summed E-state index contributed by atoms with van der Waals surface area (Å²) in [5.41, 5.74) is 4.96. The third-order valence-corrected chi connectivity index (χ3v) is 6.27. The van der Waals surface area contributed by atoms with E-state index in [2.05, 4.69) is 48.9 Å². The van der Waals surface area contributed by atoms with Crippen LogP contribution in [0.5, 0.6) is 0 Å². The van der Waals surface area contributed by atoms with E-state index in [9.17, 15) is 0 Å². The Kier molecular flexibility index (Phi) is 9.44. The number of aryl methyl sites for hydroxylation is 3. The Bertz CT molecular complexity index is 981. The molecule has 0 saturated heterocycles. The van der Waals surface area contributed by atoms with E-state index in [4.69, 9.17) is 5.41 Å². The molecule has 0 aliphatic heterocycles. The van der Waals surface area contributed by atoms with Gasteiger partial charge in [0.05, 0.1) is 11.6 Å². The molecule has 30 heavy (non-hydrogen) atoms. The van der Waals surface area contributed by atoms with Gasteiger partial charge >= 0.3 is 0 Å². The van der Waals surface area contributed by atoms with Gasteiger partial charge in [0.25, 0.3) is 0 Å². The minimum Gasteiger partial charge on any atom is -0.312 e. The molecule has 0 radical (unpaired) electrons. The predicted molar refractivity (Wildman–Crippen MR) is 128 cm³/mol. The van der Waals surface area contributed by atoms with Crippen molar-refractivity contribution in [1.82, 2.24) is 14.5 Å². The van der Waals surface area contributed by atoms with E-state index >= 15 is 0 Å². The van der Waals surface area contributed by atoms with Crippen LogP contribution in [-0.4, -0.2) is 14.5 Å². The van der Waals surface area contributed by atoms with Crippen molar-refractivity contribution < 1.29 is 0 Å². The number of nitrogens with zero attached hydrogens (tertiary/aromatic N) is 3. The van der Waals surface area contributed by atoms with E-state index in [1.807, 2.05) is 37.7 Å². The Labute approximate surface area is 185 Å². The first kappa shape index (κ1) is 24.0. The highest BCUT2D eigenvalue weighted by atomic mass is 32.1. The first-order valence-corrected chi connectivity index (χ1v) is 11.8. The third kappa shape index (κ3) is 6.91. The Morgan fingerprint density at radius 3 is 2.23 bits per heavy atom. The van der Waals surface area contributed by atoms with Crippen LogP contribution in [0.1, 0.15) is 67.5 Å². The molecular formula is C25H36N4S. The zero-order valence-electron chi connectivity index (χ0n) is 19.3. The predicted octanol–water partition coefficient (Wildman–Crippen LogP) is 6.68. The van der Waals surface area contributed by atoms with Crippen LogP contribution < -0.4 is 5.62 Å². The van der Waals surface area contributed by atoms with Gasteiger partial charge in [0.15, 0.2) is 0 Å². The third-order valence-electron chi connectivity index (χ3n) is 5.37. The van der Waals surface area contributed by atoms with Crippen molar-refractivity contribution in [2.24, 2.45) is 5.92 Å². The van der Waals surface area contributed by atoms with Gasteiger partial charge in [-0.05, 0) is 43.4 Å². The molecule has 1 saturated carbocycles. The maximum absolute atomic E-state index is 8.00. The van der Waals surface area contributed by atoms with Crippen LogP contribution in [0.2, 0.25) is 0 Å². The molecule has 0 bridgehead atoms. The van der Waals surface area contributed by atoms with Gasteiger partial charge in [-0.2, -0.15) is 0 Å². The fraction of sp³-hybridized carbons (Fsp3) is 0.480. The molecule has 1 N–H and O–H groups in total. The van der Waals surface area contributed by atoms with Gasteiger partial charge in [0, 0.05) is 29.0 Å². The molecule has 0 amide bonds. The minimum absolute atomic E-state index is 0.263. The number of aromatic nitrogens is 3. The van der Waals surface area contributed by atoms with Crippen molar-refractivity contribution in [3.05, 3.63) is 63.4 Å². The van der Waals surface area contributed by atoms with Crippen LogP contribution in [0.3, 0.4) is 0 Å². The largest absolute Gasteiger partial charge is 0.312 e. The minimum atomic E-state index is 0.263. The van der Waals surface area contributed by atoms with Crippen molar-refractivity contribution in [3.63, 3.8) is 0 Å². The van der Waals surface area contributed by atoms with Gasteiger partial charge in [-0.3, -0.25) is 5.41 Å². The van der Waals surface area contributed by atoms with Crippen LogP contribution in [0.4, 0.5) is 0 Å². The van der Waals surface area contributed by atoms with Crippen LogP contribution in [0.15, 0.2) is 36.8 Å². The van der Waals surface area contributed by atoms with Crippen LogP contribution in [-0.2, 0) is 6.54 Å². The quantitative estimate of drug-likeness (QED) is 0.509. The second kappa shape index (κ2) is 11.8. The van der Waals surface area contributed by atoms with Gasteiger partial charge < -0.3 is 4.57 Å². The van der Waals surface area contributed by atoms with Gasteiger partial charge in [-0.25, -0.2) is 9.97 Å². The highest BCUT2D eigenvalue weighted by Gasteiger charge is 2.07. The summed E-state index contributed by atoms with van der Waals surface area (Å²) in [6.07, 6.45) is 11.6. The van der Waals surface area contributed by atoms with Crippen molar-refractivity contribution in [2.45, 2.75) is 73.8 Å². The zero-order chi connectivity index (χ0) is 22.1. The molecule has 2 heterocycles. The average molecular weight is 425 g/mol. The van der Waals surface area contributed by atoms with Crippen molar-refractivity contribution in [2.75, 3.05) is 0 Å². The molecule has 162 valence electrons. The molecule has 1 aromatic carbocycles. The van der Waals surface area contributed by atoms with E-state index in [0.717, 1.165) is 26.9 Å². The van der Waals surface area contributed by atoms with E-state index in [-0.39, 0.29) is 5.62 Å². The molecule has 1 aliphatic rings. The summed E-state index contributed by atoms with van der Waals surface area (Å²) in [6.45, 7) is 13.2. The molecule has 0 atom stereocenters. The Morgan fingerprint density at radius 1 is 1.00 bits per heavy atom. The fourth-order valence-corrected chi connectivity index (χ4v) is 4.23. The van der Waals surface area contributed by atoms with E-state index in [1.54, 1.807) is 17.5 Å². The van der Waals surface area contributed by atoms with Crippen LogP contribution in [0.25, 0.3) is 11.1 Å². The SMILES string of the molecule is CC.CC1CCCC1.Cc1ncc(Cn2cc(-c3ccc(C)c(C)c3)cnc2=N)s1. The summed E-state index contributed by atoms with van der Waals surface area (Å²) < 4.78 is 1.86.